The molecule has 0 bridgehead atoms. The van der Waals surface area contributed by atoms with Crippen LogP contribution in [-0.2, 0) is 15.7 Å². The summed E-state index contributed by atoms with van der Waals surface area (Å²) < 4.78 is 41.8. The van der Waals surface area contributed by atoms with Crippen LogP contribution in [0.25, 0.3) is 0 Å². The number of hydrogen-bond acceptors (Lipinski definition) is 4. The minimum atomic E-state index is -4.68. The van der Waals surface area contributed by atoms with E-state index in [9.17, 15) is 22.8 Å². The van der Waals surface area contributed by atoms with Crippen LogP contribution in [0.2, 0.25) is 0 Å². The second-order valence-corrected chi connectivity index (χ2v) is 3.20. The lowest BCUT2D eigenvalue weighted by molar-refractivity contribution is -0.147. The van der Waals surface area contributed by atoms with E-state index in [0.717, 1.165) is 7.11 Å². The number of carbonyl (C=O) groups is 1. The molecule has 0 aliphatic carbocycles. The van der Waals surface area contributed by atoms with Gasteiger partial charge >= 0.3 is 12.1 Å². The van der Waals surface area contributed by atoms with Crippen molar-refractivity contribution < 1.29 is 22.7 Å². The first-order valence-electron chi connectivity index (χ1n) is 4.52. The summed E-state index contributed by atoms with van der Waals surface area (Å²) in [7, 11) is 1.07. The zero-order valence-corrected chi connectivity index (χ0v) is 8.99. The van der Waals surface area contributed by atoms with Crippen molar-refractivity contribution >= 4 is 5.97 Å². The first kappa shape index (κ1) is 13.2. The molecule has 5 nitrogen and oxygen atoms in total. The van der Waals surface area contributed by atoms with Crippen LogP contribution in [0.5, 0.6) is 0 Å². The van der Waals surface area contributed by atoms with E-state index in [0.29, 0.717) is 16.8 Å². The van der Waals surface area contributed by atoms with Gasteiger partial charge in [0.05, 0.1) is 7.11 Å². The summed E-state index contributed by atoms with van der Waals surface area (Å²) in [5, 5.41) is 3.09. The fourth-order valence-electron chi connectivity index (χ4n) is 1.12. The Balaban J connectivity index is 3.25. The molecule has 1 aromatic heterocycles. The average Bonchev–Trinajstić information content (AvgIpc) is 2.26. The van der Waals surface area contributed by atoms with Crippen molar-refractivity contribution in [2.75, 3.05) is 7.11 Å². The Morgan fingerprint density at radius 3 is 2.53 bits per heavy atom. The Bertz CT molecular complexity index is 481. The molecule has 0 aliphatic heterocycles. The second kappa shape index (κ2) is 4.56. The molecule has 1 heterocycles. The molecule has 1 aromatic rings. The van der Waals surface area contributed by atoms with Gasteiger partial charge in [-0.05, 0) is 13.0 Å². The molecule has 0 saturated heterocycles. The molecule has 0 fully saturated rings. The van der Waals surface area contributed by atoms with Crippen LogP contribution in [0, 0.1) is 0 Å². The number of esters is 1. The summed E-state index contributed by atoms with van der Waals surface area (Å²) in [6, 6.07) is 0.0489. The average molecular weight is 250 g/mol. The van der Waals surface area contributed by atoms with E-state index in [1.165, 1.54) is 6.92 Å². The summed E-state index contributed by atoms with van der Waals surface area (Å²) >= 11 is 0. The Morgan fingerprint density at radius 2 is 2.06 bits per heavy atom. The molecule has 1 unspecified atom stereocenters. The highest BCUT2D eigenvalue weighted by Crippen LogP contribution is 2.26. The molecule has 0 aliphatic rings. The van der Waals surface area contributed by atoms with Gasteiger partial charge in [0, 0.05) is 6.07 Å². The van der Waals surface area contributed by atoms with Crippen molar-refractivity contribution in [3.05, 3.63) is 28.2 Å². The number of nitrogens with zero attached hydrogens (tertiary/aromatic N) is 2. The quantitative estimate of drug-likeness (QED) is 0.734. The fourth-order valence-corrected chi connectivity index (χ4v) is 1.12. The molecule has 1 rings (SSSR count). The monoisotopic (exact) mass is 250 g/mol. The van der Waals surface area contributed by atoms with E-state index in [2.05, 4.69) is 9.84 Å². The van der Waals surface area contributed by atoms with Gasteiger partial charge in [-0.3, -0.25) is 4.79 Å². The van der Waals surface area contributed by atoms with Crippen molar-refractivity contribution in [2.45, 2.75) is 19.1 Å². The lowest BCUT2D eigenvalue weighted by atomic mass is 10.3. The normalized spacial score (nSPS) is 13.2. The maximum absolute atomic E-state index is 12.4. The van der Waals surface area contributed by atoms with Crippen LogP contribution < -0.4 is 5.56 Å². The molecule has 8 heteroatoms. The van der Waals surface area contributed by atoms with Crippen LogP contribution >= 0.6 is 0 Å². The van der Waals surface area contributed by atoms with Gasteiger partial charge in [0.15, 0.2) is 11.7 Å². The maximum atomic E-state index is 12.4. The summed E-state index contributed by atoms with van der Waals surface area (Å²) in [4.78, 5) is 22.4. The van der Waals surface area contributed by atoms with Gasteiger partial charge in [-0.15, -0.1) is 0 Å². The Morgan fingerprint density at radius 1 is 1.47 bits per heavy atom. The third kappa shape index (κ3) is 2.83. The minimum absolute atomic E-state index is 0.439. The summed E-state index contributed by atoms with van der Waals surface area (Å²) in [6.07, 6.45) is -4.68. The summed E-state index contributed by atoms with van der Waals surface area (Å²) in [5.41, 5.74) is -2.05. The van der Waals surface area contributed by atoms with Crippen LogP contribution in [0.1, 0.15) is 18.7 Å². The largest absolute Gasteiger partial charge is 0.467 e. The van der Waals surface area contributed by atoms with Crippen molar-refractivity contribution in [3.8, 4) is 0 Å². The first-order chi connectivity index (χ1) is 7.77. The molecule has 0 N–H and O–H groups in total. The van der Waals surface area contributed by atoms with Crippen LogP contribution in [-0.4, -0.2) is 22.9 Å². The number of methoxy groups -OCH3 is 1. The SMILES string of the molecule is COC(=O)C(C)n1nc(C(F)(F)F)ccc1=O. The molecular formula is C9H9F3N2O3. The Hall–Kier alpha value is -1.86. The fraction of sp³-hybridized carbons (Fsp3) is 0.444. The standard InChI is InChI=1S/C9H9F3N2O3/c1-5(8(16)17-2)14-7(15)4-3-6(13-14)9(10,11)12/h3-5H,1-2H3. The van der Waals surface area contributed by atoms with Gasteiger partial charge in [-0.25, -0.2) is 9.48 Å². The summed E-state index contributed by atoms with van der Waals surface area (Å²) in [6.45, 7) is 1.22. The zero-order chi connectivity index (χ0) is 13.2. The number of halogens is 3. The highest BCUT2D eigenvalue weighted by atomic mass is 19.4. The van der Waals surface area contributed by atoms with Crippen molar-refractivity contribution in [1.82, 2.24) is 9.78 Å². The third-order valence-electron chi connectivity index (χ3n) is 2.02. The van der Waals surface area contributed by atoms with E-state index in [1.54, 1.807) is 0 Å². The molecule has 0 amide bonds. The minimum Gasteiger partial charge on any atom is -0.467 e. The van der Waals surface area contributed by atoms with E-state index < -0.39 is 29.4 Å². The first-order valence-corrected chi connectivity index (χ1v) is 4.52. The van der Waals surface area contributed by atoms with Gasteiger partial charge in [0.2, 0.25) is 0 Å². The van der Waals surface area contributed by atoms with E-state index in [1.807, 2.05) is 0 Å². The van der Waals surface area contributed by atoms with Gasteiger partial charge in [-0.1, -0.05) is 0 Å². The van der Waals surface area contributed by atoms with Gasteiger partial charge < -0.3 is 4.74 Å². The van der Waals surface area contributed by atoms with Gasteiger partial charge in [-0.2, -0.15) is 18.3 Å². The molecule has 94 valence electrons. The number of carbonyl (C=O) groups excluding carboxylic acids is 1. The van der Waals surface area contributed by atoms with E-state index in [4.69, 9.17) is 0 Å². The summed E-state index contributed by atoms with van der Waals surface area (Å²) in [5.74, 6) is -0.848. The number of aromatic nitrogens is 2. The zero-order valence-electron chi connectivity index (χ0n) is 8.99. The highest BCUT2D eigenvalue weighted by Gasteiger charge is 2.34. The topological polar surface area (TPSA) is 61.2 Å². The lowest BCUT2D eigenvalue weighted by Gasteiger charge is -2.13. The Kier molecular flexibility index (Phi) is 3.54. The van der Waals surface area contributed by atoms with Crippen LogP contribution in [0.15, 0.2) is 16.9 Å². The van der Waals surface area contributed by atoms with Crippen molar-refractivity contribution in [3.63, 3.8) is 0 Å². The van der Waals surface area contributed by atoms with Crippen LogP contribution in [0.4, 0.5) is 13.2 Å². The maximum Gasteiger partial charge on any atom is 0.435 e. The molecule has 0 saturated carbocycles. The predicted molar refractivity (Wildman–Crippen MR) is 50.2 cm³/mol. The van der Waals surface area contributed by atoms with E-state index >= 15 is 0 Å². The highest BCUT2D eigenvalue weighted by molar-refractivity contribution is 5.73. The lowest BCUT2D eigenvalue weighted by Crippen LogP contribution is -2.32. The number of alkyl halides is 3. The number of rotatable bonds is 2. The van der Waals surface area contributed by atoms with Crippen molar-refractivity contribution in [2.24, 2.45) is 0 Å². The molecular weight excluding hydrogens is 241 g/mol. The van der Waals surface area contributed by atoms with Gasteiger partial charge in [0.25, 0.3) is 5.56 Å². The molecule has 0 spiro atoms. The molecule has 1 atom stereocenters. The number of hydrogen-bond donors (Lipinski definition) is 0. The smallest absolute Gasteiger partial charge is 0.435 e. The predicted octanol–water partition coefficient (Wildman–Crippen LogP) is 0.996. The Labute approximate surface area is 93.8 Å². The van der Waals surface area contributed by atoms with E-state index in [-0.39, 0.29) is 0 Å². The third-order valence-corrected chi connectivity index (χ3v) is 2.02. The molecule has 0 radical (unpaired) electrons. The second-order valence-electron chi connectivity index (χ2n) is 3.20. The van der Waals surface area contributed by atoms with Crippen molar-refractivity contribution in [1.29, 1.82) is 0 Å². The molecule has 0 aromatic carbocycles. The van der Waals surface area contributed by atoms with Crippen LogP contribution in [0.3, 0.4) is 0 Å². The van der Waals surface area contributed by atoms with Gasteiger partial charge in [0.1, 0.15) is 0 Å². The number of ether oxygens (including phenoxy) is 1. The molecule has 17 heavy (non-hydrogen) atoms.